The molecule has 0 amide bonds. The molecule has 19 heavy (non-hydrogen) atoms. The molecule has 0 spiro atoms. The van der Waals surface area contributed by atoms with Crippen LogP contribution >= 0.6 is 11.6 Å². The summed E-state index contributed by atoms with van der Waals surface area (Å²) < 4.78 is 20.1. The Morgan fingerprint density at radius 2 is 2.32 bits per heavy atom. The predicted molar refractivity (Wildman–Crippen MR) is 69.7 cm³/mol. The average molecular weight is 285 g/mol. The summed E-state index contributed by atoms with van der Waals surface area (Å²) in [4.78, 5) is 0. The van der Waals surface area contributed by atoms with Crippen molar-refractivity contribution in [3.05, 3.63) is 40.9 Å². The normalized spacial score (nSPS) is 10.7. The standard InChI is InChI=1S/C12H14ClFN4O/c1-15-7-9-8-18(17-16-9)4-5-19-10-2-3-12(14)11(13)6-10/h2-3,6,8,15H,4-5,7H2,1H3. The van der Waals surface area contributed by atoms with E-state index in [1.807, 2.05) is 13.2 Å². The molecule has 0 aliphatic carbocycles. The van der Waals surface area contributed by atoms with Crippen molar-refractivity contribution < 1.29 is 9.13 Å². The number of nitrogens with one attached hydrogen (secondary N) is 1. The minimum Gasteiger partial charge on any atom is -0.492 e. The fourth-order valence-corrected chi connectivity index (χ4v) is 1.70. The van der Waals surface area contributed by atoms with E-state index < -0.39 is 5.82 Å². The van der Waals surface area contributed by atoms with Gasteiger partial charge in [-0.3, -0.25) is 0 Å². The van der Waals surface area contributed by atoms with Gasteiger partial charge in [-0.1, -0.05) is 16.8 Å². The van der Waals surface area contributed by atoms with Crippen molar-refractivity contribution in [1.29, 1.82) is 0 Å². The molecule has 0 aliphatic heterocycles. The third-order valence-corrected chi connectivity index (χ3v) is 2.71. The first-order valence-electron chi connectivity index (χ1n) is 5.80. The number of aromatic nitrogens is 3. The molecule has 0 saturated heterocycles. The molecular formula is C12H14ClFN4O. The van der Waals surface area contributed by atoms with E-state index >= 15 is 0 Å². The highest BCUT2D eigenvalue weighted by Crippen LogP contribution is 2.20. The maximum absolute atomic E-state index is 12.9. The minimum absolute atomic E-state index is 0.0505. The summed E-state index contributed by atoms with van der Waals surface area (Å²) in [6.07, 6.45) is 1.84. The van der Waals surface area contributed by atoms with Crippen LogP contribution in [0, 0.1) is 5.82 Å². The zero-order valence-electron chi connectivity index (χ0n) is 10.4. The Hall–Kier alpha value is -1.66. The van der Waals surface area contributed by atoms with Gasteiger partial charge in [0.1, 0.15) is 18.2 Å². The smallest absolute Gasteiger partial charge is 0.142 e. The summed E-state index contributed by atoms with van der Waals surface area (Å²) in [5.41, 5.74) is 0.868. The number of rotatable bonds is 6. The first-order valence-corrected chi connectivity index (χ1v) is 6.18. The Kier molecular flexibility index (Phi) is 4.70. The molecule has 7 heteroatoms. The fourth-order valence-electron chi connectivity index (χ4n) is 1.53. The Morgan fingerprint density at radius 3 is 3.05 bits per heavy atom. The fraction of sp³-hybridized carbons (Fsp3) is 0.333. The lowest BCUT2D eigenvalue weighted by Gasteiger charge is -2.06. The zero-order valence-corrected chi connectivity index (χ0v) is 11.2. The Bertz CT molecular complexity index is 546. The molecule has 1 N–H and O–H groups in total. The quantitative estimate of drug-likeness (QED) is 0.880. The summed E-state index contributed by atoms with van der Waals surface area (Å²) in [5, 5.41) is 11.0. The van der Waals surface area contributed by atoms with Gasteiger partial charge >= 0.3 is 0 Å². The van der Waals surface area contributed by atoms with Crippen LogP contribution in [0.2, 0.25) is 5.02 Å². The van der Waals surface area contributed by atoms with E-state index in [-0.39, 0.29) is 5.02 Å². The summed E-state index contributed by atoms with van der Waals surface area (Å²) in [5.74, 6) is 0.0731. The second-order valence-corrected chi connectivity index (χ2v) is 4.33. The van der Waals surface area contributed by atoms with Gasteiger partial charge in [0.2, 0.25) is 0 Å². The zero-order chi connectivity index (χ0) is 13.7. The molecule has 0 atom stereocenters. The van der Waals surface area contributed by atoms with Gasteiger partial charge in [-0.05, 0) is 19.2 Å². The van der Waals surface area contributed by atoms with E-state index in [1.54, 1.807) is 4.68 Å². The molecular weight excluding hydrogens is 271 g/mol. The number of ether oxygens (including phenoxy) is 1. The summed E-state index contributed by atoms with van der Waals surface area (Å²) in [7, 11) is 1.85. The van der Waals surface area contributed by atoms with Gasteiger partial charge < -0.3 is 10.1 Å². The third-order valence-electron chi connectivity index (χ3n) is 2.42. The molecule has 1 heterocycles. The Labute approximate surface area is 115 Å². The van der Waals surface area contributed by atoms with Crippen LogP contribution < -0.4 is 10.1 Å². The molecule has 1 aromatic heterocycles. The summed E-state index contributed by atoms with van der Waals surface area (Å²) in [6, 6.07) is 4.26. The van der Waals surface area contributed by atoms with Crippen molar-refractivity contribution in [2.75, 3.05) is 13.7 Å². The Balaban J connectivity index is 1.83. The van der Waals surface area contributed by atoms with Crippen molar-refractivity contribution >= 4 is 11.6 Å². The average Bonchev–Trinajstić information content (AvgIpc) is 2.82. The lowest BCUT2D eigenvalue weighted by molar-refractivity contribution is 0.289. The number of nitrogens with zero attached hydrogens (tertiary/aromatic N) is 3. The third kappa shape index (κ3) is 3.90. The van der Waals surface area contributed by atoms with Crippen LogP contribution in [0.5, 0.6) is 5.75 Å². The predicted octanol–water partition coefficient (Wildman–Crippen LogP) is 1.87. The first-order chi connectivity index (χ1) is 9.19. The molecule has 5 nitrogen and oxygen atoms in total. The van der Waals surface area contributed by atoms with E-state index in [0.29, 0.717) is 25.4 Å². The topological polar surface area (TPSA) is 52.0 Å². The molecule has 2 rings (SSSR count). The first kappa shape index (κ1) is 13.8. The number of hydrogen-bond donors (Lipinski definition) is 1. The summed E-state index contributed by atoms with van der Waals surface area (Å²) in [6.45, 7) is 1.64. The second kappa shape index (κ2) is 6.49. The van der Waals surface area contributed by atoms with Gasteiger partial charge in [-0.2, -0.15) is 0 Å². The maximum Gasteiger partial charge on any atom is 0.142 e. The van der Waals surface area contributed by atoms with Crippen LogP contribution in [-0.4, -0.2) is 28.6 Å². The molecule has 1 aromatic carbocycles. The van der Waals surface area contributed by atoms with Crippen molar-refractivity contribution in [3.63, 3.8) is 0 Å². The Morgan fingerprint density at radius 1 is 1.47 bits per heavy atom. The van der Waals surface area contributed by atoms with E-state index in [9.17, 15) is 4.39 Å². The molecule has 0 aliphatic rings. The monoisotopic (exact) mass is 284 g/mol. The second-order valence-electron chi connectivity index (χ2n) is 3.93. The van der Waals surface area contributed by atoms with E-state index in [4.69, 9.17) is 16.3 Å². The SMILES string of the molecule is CNCc1cn(CCOc2ccc(F)c(Cl)c2)nn1. The van der Waals surface area contributed by atoms with Crippen molar-refractivity contribution in [2.45, 2.75) is 13.1 Å². The minimum atomic E-state index is -0.456. The van der Waals surface area contributed by atoms with Gasteiger partial charge in [0.25, 0.3) is 0 Å². The highest BCUT2D eigenvalue weighted by molar-refractivity contribution is 6.30. The molecule has 0 unspecified atom stereocenters. The van der Waals surface area contributed by atoms with E-state index in [0.717, 1.165) is 5.69 Å². The van der Waals surface area contributed by atoms with Crippen molar-refractivity contribution in [2.24, 2.45) is 0 Å². The highest BCUT2D eigenvalue weighted by Gasteiger charge is 2.03. The van der Waals surface area contributed by atoms with Crippen LogP contribution in [0.25, 0.3) is 0 Å². The van der Waals surface area contributed by atoms with Gasteiger partial charge in [0, 0.05) is 18.8 Å². The molecule has 0 bridgehead atoms. The number of hydrogen-bond acceptors (Lipinski definition) is 4. The number of halogens is 2. The van der Waals surface area contributed by atoms with E-state index in [2.05, 4.69) is 15.6 Å². The molecule has 0 fully saturated rings. The van der Waals surface area contributed by atoms with Gasteiger partial charge in [-0.15, -0.1) is 5.10 Å². The van der Waals surface area contributed by atoms with Crippen LogP contribution in [0.4, 0.5) is 4.39 Å². The van der Waals surface area contributed by atoms with Crippen LogP contribution in [0.15, 0.2) is 24.4 Å². The van der Waals surface area contributed by atoms with Crippen LogP contribution in [0.3, 0.4) is 0 Å². The molecule has 102 valence electrons. The lowest BCUT2D eigenvalue weighted by atomic mass is 10.3. The van der Waals surface area contributed by atoms with Crippen LogP contribution in [0.1, 0.15) is 5.69 Å². The largest absolute Gasteiger partial charge is 0.492 e. The van der Waals surface area contributed by atoms with Crippen molar-refractivity contribution in [3.8, 4) is 5.75 Å². The van der Waals surface area contributed by atoms with Gasteiger partial charge in [0.05, 0.1) is 17.3 Å². The maximum atomic E-state index is 12.9. The molecule has 0 radical (unpaired) electrons. The van der Waals surface area contributed by atoms with E-state index in [1.165, 1.54) is 18.2 Å². The number of benzene rings is 1. The highest BCUT2D eigenvalue weighted by atomic mass is 35.5. The van der Waals surface area contributed by atoms with Gasteiger partial charge in [0.15, 0.2) is 0 Å². The van der Waals surface area contributed by atoms with Crippen LogP contribution in [-0.2, 0) is 13.1 Å². The lowest BCUT2D eigenvalue weighted by Crippen LogP contribution is -2.09. The van der Waals surface area contributed by atoms with Crippen molar-refractivity contribution in [1.82, 2.24) is 20.3 Å². The van der Waals surface area contributed by atoms with Gasteiger partial charge in [-0.25, -0.2) is 9.07 Å². The summed E-state index contributed by atoms with van der Waals surface area (Å²) >= 11 is 5.66. The molecule has 0 saturated carbocycles. The molecule has 2 aromatic rings.